The van der Waals surface area contributed by atoms with E-state index in [1.165, 1.54) is 0 Å². The Hall–Kier alpha value is -0.560. The second-order valence-electron chi connectivity index (χ2n) is 3.76. The number of nitrogens with two attached hydrogens (primary N) is 1. The van der Waals surface area contributed by atoms with Crippen molar-refractivity contribution < 1.29 is 4.74 Å². The minimum Gasteiger partial charge on any atom is -0.383 e. The average molecular weight is 212 g/mol. The summed E-state index contributed by atoms with van der Waals surface area (Å²) in [4.78, 5) is 0. The van der Waals surface area contributed by atoms with E-state index in [0.717, 1.165) is 32.2 Å². The van der Waals surface area contributed by atoms with Gasteiger partial charge in [-0.25, -0.2) is 0 Å². The van der Waals surface area contributed by atoms with Gasteiger partial charge in [-0.05, 0) is 25.8 Å². The van der Waals surface area contributed by atoms with Gasteiger partial charge in [-0.2, -0.15) is 0 Å². The van der Waals surface area contributed by atoms with Crippen molar-refractivity contribution in [3.63, 3.8) is 0 Å². The molecule has 0 aromatic heterocycles. The molecule has 88 valence electrons. The summed E-state index contributed by atoms with van der Waals surface area (Å²) in [5, 5.41) is 3.42. The summed E-state index contributed by atoms with van der Waals surface area (Å²) >= 11 is 0. The minimum atomic E-state index is 0.160. The van der Waals surface area contributed by atoms with Crippen LogP contribution in [-0.2, 0) is 4.74 Å². The molecule has 0 amide bonds. The molecular formula is C12H24N2O. The predicted octanol–water partition coefficient (Wildman–Crippen LogP) is 1.13. The first-order chi connectivity index (χ1) is 7.28. The third-order valence-corrected chi connectivity index (χ3v) is 2.34. The van der Waals surface area contributed by atoms with E-state index < -0.39 is 0 Å². The SMILES string of the molecule is C#CC(CCC)NC(CCCN)COC. The molecule has 2 unspecified atom stereocenters. The maximum atomic E-state index is 5.49. The first-order valence-electron chi connectivity index (χ1n) is 5.69. The fraction of sp³-hybridized carbons (Fsp3) is 0.833. The van der Waals surface area contributed by atoms with Crippen LogP contribution < -0.4 is 11.1 Å². The molecule has 0 heterocycles. The van der Waals surface area contributed by atoms with E-state index in [9.17, 15) is 0 Å². The van der Waals surface area contributed by atoms with Crippen LogP contribution in [0, 0.1) is 12.3 Å². The molecule has 3 heteroatoms. The van der Waals surface area contributed by atoms with Crippen LogP contribution in [0.25, 0.3) is 0 Å². The fourth-order valence-corrected chi connectivity index (χ4v) is 1.57. The van der Waals surface area contributed by atoms with Crippen molar-refractivity contribution in [2.45, 2.75) is 44.7 Å². The quantitative estimate of drug-likeness (QED) is 0.563. The molecule has 0 spiro atoms. The molecule has 3 nitrogen and oxygen atoms in total. The number of nitrogens with one attached hydrogen (secondary N) is 1. The minimum absolute atomic E-state index is 0.160. The molecule has 0 aliphatic carbocycles. The standard InChI is InChI=1S/C12H24N2O/c1-4-7-11(5-2)14-12(10-15-3)8-6-9-13/h2,11-12,14H,4,6-10,13H2,1,3H3. The van der Waals surface area contributed by atoms with Crippen LogP contribution in [0.1, 0.15) is 32.6 Å². The van der Waals surface area contributed by atoms with E-state index in [2.05, 4.69) is 18.2 Å². The Balaban J connectivity index is 3.94. The lowest BCUT2D eigenvalue weighted by atomic mass is 10.1. The molecule has 0 aromatic carbocycles. The van der Waals surface area contributed by atoms with Gasteiger partial charge < -0.3 is 10.5 Å². The van der Waals surface area contributed by atoms with Gasteiger partial charge in [-0.1, -0.05) is 19.3 Å². The number of hydrogen-bond acceptors (Lipinski definition) is 3. The van der Waals surface area contributed by atoms with Gasteiger partial charge in [0.1, 0.15) is 0 Å². The molecule has 0 saturated heterocycles. The van der Waals surface area contributed by atoms with Gasteiger partial charge in [0.2, 0.25) is 0 Å². The van der Waals surface area contributed by atoms with Crippen molar-refractivity contribution >= 4 is 0 Å². The van der Waals surface area contributed by atoms with Crippen molar-refractivity contribution in [3.05, 3.63) is 0 Å². The van der Waals surface area contributed by atoms with Crippen molar-refractivity contribution in [1.29, 1.82) is 0 Å². The van der Waals surface area contributed by atoms with Gasteiger partial charge in [0, 0.05) is 13.2 Å². The summed E-state index contributed by atoms with van der Waals surface area (Å²) in [6, 6.07) is 0.485. The van der Waals surface area contributed by atoms with Crippen LogP contribution in [0.2, 0.25) is 0 Å². The highest BCUT2D eigenvalue weighted by atomic mass is 16.5. The van der Waals surface area contributed by atoms with Crippen molar-refractivity contribution in [1.82, 2.24) is 5.32 Å². The summed E-state index contributed by atoms with van der Waals surface area (Å²) in [6.45, 7) is 3.55. The molecule has 0 fully saturated rings. The van der Waals surface area contributed by atoms with Crippen LogP contribution in [0.4, 0.5) is 0 Å². The Morgan fingerprint density at radius 1 is 1.47 bits per heavy atom. The summed E-state index contributed by atoms with van der Waals surface area (Å²) in [7, 11) is 1.71. The van der Waals surface area contributed by atoms with Crippen molar-refractivity contribution in [3.8, 4) is 12.3 Å². The monoisotopic (exact) mass is 212 g/mol. The van der Waals surface area contributed by atoms with E-state index in [1.54, 1.807) is 7.11 Å². The lowest BCUT2D eigenvalue weighted by Gasteiger charge is -2.21. The van der Waals surface area contributed by atoms with E-state index in [1.807, 2.05) is 0 Å². The third kappa shape index (κ3) is 7.38. The zero-order valence-corrected chi connectivity index (χ0v) is 9.96. The lowest BCUT2D eigenvalue weighted by molar-refractivity contribution is 0.158. The van der Waals surface area contributed by atoms with Crippen LogP contribution >= 0.6 is 0 Å². The normalized spacial score (nSPS) is 14.5. The van der Waals surface area contributed by atoms with Crippen molar-refractivity contribution in [2.24, 2.45) is 5.73 Å². The molecule has 0 aliphatic rings. The Morgan fingerprint density at radius 2 is 2.20 bits per heavy atom. The van der Waals surface area contributed by atoms with E-state index in [0.29, 0.717) is 12.6 Å². The Bertz CT molecular complexity index is 177. The summed E-state index contributed by atoms with van der Waals surface area (Å²) in [5.41, 5.74) is 5.49. The van der Waals surface area contributed by atoms with E-state index in [-0.39, 0.29) is 6.04 Å². The van der Waals surface area contributed by atoms with Gasteiger partial charge in [0.05, 0.1) is 12.6 Å². The van der Waals surface area contributed by atoms with Crippen LogP contribution in [0.5, 0.6) is 0 Å². The lowest BCUT2D eigenvalue weighted by Crippen LogP contribution is -2.40. The first kappa shape index (κ1) is 14.4. The van der Waals surface area contributed by atoms with Crippen LogP contribution in [0.3, 0.4) is 0 Å². The number of terminal acetylenes is 1. The van der Waals surface area contributed by atoms with Crippen LogP contribution in [-0.4, -0.2) is 32.3 Å². The van der Waals surface area contributed by atoms with E-state index in [4.69, 9.17) is 16.9 Å². The Morgan fingerprint density at radius 3 is 2.67 bits per heavy atom. The Kier molecular flexibility index (Phi) is 9.60. The zero-order chi connectivity index (χ0) is 11.5. The van der Waals surface area contributed by atoms with Crippen molar-refractivity contribution in [2.75, 3.05) is 20.3 Å². The highest BCUT2D eigenvalue weighted by Gasteiger charge is 2.12. The third-order valence-electron chi connectivity index (χ3n) is 2.34. The summed E-state index contributed by atoms with van der Waals surface area (Å²) in [6.07, 6.45) is 9.59. The summed E-state index contributed by atoms with van der Waals surface area (Å²) in [5.74, 6) is 2.77. The highest BCUT2D eigenvalue weighted by Crippen LogP contribution is 2.02. The second kappa shape index (κ2) is 9.97. The van der Waals surface area contributed by atoms with Crippen LogP contribution in [0.15, 0.2) is 0 Å². The number of hydrogen-bond donors (Lipinski definition) is 2. The second-order valence-corrected chi connectivity index (χ2v) is 3.76. The largest absolute Gasteiger partial charge is 0.383 e. The zero-order valence-electron chi connectivity index (χ0n) is 9.96. The summed E-state index contributed by atoms with van der Waals surface area (Å²) < 4.78 is 5.15. The molecule has 0 aliphatic heterocycles. The molecule has 2 atom stereocenters. The molecule has 0 radical (unpaired) electrons. The molecule has 0 saturated carbocycles. The average Bonchev–Trinajstić information content (AvgIpc) is 2.25. The first-order valence-corrected chi connectivity index (χ1v) is 5.69. The number of ether oxygens (including phenoxy) is 1. The Labute approximate surface area is 93.8 Å². The molecule has 15 heavy (non-hydrogen) atoms. The molecular weight excluding hydrogens is 188 g/mol. The number of rotatable bonds is 9. The maximum Gasteiger partial charge on any atom is 0.0689 e. The highest BCUT2D eigenvalue weighted by molar-refractivity contribution is 4.99. The number of methoxy groups -OCH3 is 1. The van der Waals surface area contributed by atoms with Gasteiger partial charge in [0.15, 0.2) is 0 Å². The molecule has 0 aromatic rings. The predicted molar refractivity (Wildman–Crippen MR) is 64.6 cm³/mol. The van der Waals surface area contributed by atoms with Gasteiger partial charge >= 0.3 is 0 Å². The van der Waals surface area contributed by atoms with E-state index >= 15 is 0 Å². The van der Waals surface area contributed by atoms with Gasteiger partial charge in [-0.3, -0.25) is 5.32 Å². The maximum absolute atomic E-state index is 5.49. The smallest absolute Gasteiger partial charge is 0.0689 e. The molecule has 0 rings (SSSR count). The molecule has 3 N–H and O–H groups in total. The van der Waals surface area contributed by atoms with Gasteiger partial charge in [0.25, 0.3) is 0 Å². The topological polar surface area (TPSA) is 47.3 Å². The molecule has 0 bridgehead atoms. The van der Waals surface area contributed by atoms with Gasteiger partial charge in [-0.15, -0.1) is 6.42 Å². The fourth-order valence-electron chi connectivity index (χ4n) is 1.57.